The Morgan fingerprint density at radius 2 is 1.73 bits per heavy atom. The number of hydrogen-bond acceptors (Lipinski definition) is 4. The number of nitrogens with one attached hydrogen (secondary N) is 1. The molecule has 156 valence electrons. The summed E-state index contributed by atoms with van der Waals surface area (Å²) < 4.78 is 51.5. The van der Waals surface area contributed by atoms with Crippen LogP contribution in [0.25, 0.3) is 0 Å². The molecule has 0 spiro atoms. The van der Waals surface area contributed by atoms with Gasteiger partial charge in [0.15, 0.2) is 0 Å². The van der Waals surface area contributed by atoms with Crippen molar-refractivity contribution in [3.05, 3.63) is 71.7 Å². The average molecular weight is 418 g/mol. The van der Waals surface area contributed by atoms with Crippen LogP contribution in [0.3, 0.4) is 0 Å². The second-order valence-electron chi connectivity index (χ2n) is 6.69. The Morgan fingerprint density at radius 3 is 2.33 bits per heavy atom. The van der Waals surface area contributed by atoms with Gasteiger partial charge < -0.3 is 15.1 Å². The molecule has 2 aromatic rings. The SMILES string of the molecule is N#C/C(=C/N1CCN(c2ccc(F)cc2)CC1)C(=O)Nc1cccc(C(F)(F)F)c1. The molecule has 1 amide bonds. The molecule has 3 rings (SSSR count). The monoisotopic (exact) mass is 418 g/mol. The second kappa shape index (κ2) is 8.86. The normalized spacial score (nSPS) is 15.0. The van der Waals surface area contributed by atoms with E-state index in [4.69, 9.17) is 0 Å². The minimum absolute atomic E-state index is 0.0443. The summed E-state index contributed by atoms with van der Waals surface area (Å²) in [5, 5.41) is 11.6. The lowest BCUT2D eigenvalue weighted by atomic mass is 10.2. The lowest BCUT2D eigenvalue weighted by molar-refractivity contribution is -0.137. The van der Waals surface area contributed by atoms with Crippen molar-refractivity contribution in [3.8, 4) is 6.07 Å². The van der Waals surface area contributed by atoms with E-state index in [1.165, 1.54) is 30.5 Å². The van der Waals surface area contributed by atoms with E-state index in [-0.39, 0.29) is 17.1 Å². The van der Waals surface area contributed by atoms with Crippen LogP contribution in [0.15, 0.2) is 60.3 Å². The van der Waals surface area contributed by atoms with Crippen LogP contribution in [0.5, 0.6) is 0 Å². The standard InChI is InChI=1S/C21H18F4N4O/c22-17-4-6-19(7-5-17)29-10-8-28(9-11-29)14-15(13-26)20(30)27-18-3-1-2-16(12-18)21(23,24)25/h1-7,12,14H,8-11H2,(H,27,30)/b15-14-. The predicted molar refractivity (Wildman–Crippen MR) is 104 cm³/mol. The van der Waals surface area contributed by atoms with Crippen molar-refractivity contribution in [2.45, 2.75) is 6.18 Å². The number of anilines is 2. The van der Waals surface area contributed by atoms with Crippen LogP contribution in [0.4, 0.5) is 28.9 Å². The number of benzene rings is 2. The molecule has 1 saturated heterocycles. The third kappa shape index (κ3) is 5.29. The van der Waals surface area contributed by atoms with Crippen LogP contribution in [-0.2, 0) is 11.0 Å². The Bertz CT molecular complexity index is 972. The number of halogens is 4. The zero-order valence-electron chi connectivity index (χ0n) is 15.8. The molecule has 0 radical (unpaired) electrons. The van der Waals surface area contributed by atoms with Gasteiger partial charge in [-0.1, -0.05) is 6.07 Å². The molecule has 1 aliphatic rings. The molecule has 1 N–H and O–H groups in total. The second-order valence-corrected chi connectivity index (χ2v) is 6.69. The highest BCUT2D eigenvalue weighted by molar-refractivity contribution is 6.06. The number of carbonyl (C=O) groups is 1. The van der Waals surface area contributed by atoms with Gasteiger partial charge in [-0.15, -0.1) is 0 Å². The molecule has 0 aromatic heterocycles. The summed E-state index contributed by atoms with van der Waals surface area (Å²) in [4.78, 5) is 16.2. The van der Waals surface area contributed by atoms with Crippen molar-refractivity contribution in [2.24, 2.45) is 0 Å². The van der Waals surface area contributed by atoms with Crippen LogP contribution < -0.4 is 10.2 Å². The number of amides is 1. The number of nitrogens with zero attached hydrogens (tertiary/aromatic N) is 3. The maximum atomic E-state index is 13.1. The Balaban J connectivity index is 1.63. The molecule has 0 bridgehead atoms. The van der Waals surface area contributed by atoms with Crippen LogP contribution >= 0.6 is 0 Å². The smallest absolute Gasteiger partial charge is 0.373 e. The Labute approximate surface area is 170 Å². The Kier molecular flexibility index (Phi) is 6.26. The number of piperazine rings is 1. The average Bonchev–Trinajstić information content (AvgIpc) is 2.72. The molecule has 0 unspecified atom stereocenters. The summed E-state index contributed by atoms with van der Waals surface area (Å²) in [5.74, 6) is -1.09. The molecule has 0 saturated carbocycles. The third-order valence-electron chi connectivity index (χ3n) is 4.63. The topological polar surface area (TPSA) is 59.4 Å². The molecular formula is C21H18F4N4O. The van der Waals surface area contributed by atoms with E-state index < -0.39 is 17.6 Å². The van der Waals surface area contributed by atoms with Crippen molar-refractivity contribution in [1.29, 1.82) is 5.26 Å². The first-order chi connectivity index (χ1) is 14.3. The molecule has 1 aliphatic heterocycles. The fourth-order valence-electron chi connectivity index (χ4n) is 3.05. The van der Waals surface area contributed by atoms with E-state index in [1.54, 1.807) is 23.1 Å². The van der Waals surface area contributed by atoms with Crippen LogP contribution in [-0.4, -0.2) is 37.0 Å². The first-order valence-corrected chi connectivity index (χ1v) is 9.11. The van der Waals surface area contributed by atoms with Gasteiger partial charge in [0.1, 0.15) is 17.5 Å². The number of hydrogen-bond donors (Lipinski definition) is 1. The summed E-state index contributed by atoms with van der Waals surface area (Å²) >= 11 is 0. The number of carbonyl (C=O) groups excluding carboxylic acids is 1. The largest absolute Gasteiger partial charge is 0.416 e. The van der Waals surface area contributed by atoms with E-state index >= 15 is 0 Å². The lowest BCUT2D eigenvalue weighted by Crippen LogP contribution is -2.44. The van der Waals surface area contributed by atoms with Gasteiger partial charge in [-0.25, -0.2) is 4.39 Å². The maximum absolute atomic E-state index is 13.1. The van der Waals surface area contributed by atoms with Gasteiger partial charge in [0.2, 0.25) is 0 Å². The van der Waals surface area contributed by atoms with Crippen LogP contribution in [0, 0.1) is 17.1 Å². The van der Waals surface area contributed by atoms with Crippen molar-refractivity contribution in [3.63, 3.8) is 0 Å². The Hall–Kier alpha value is -3.54. The van der Waals surface area contributed by atoms with Gasteiger partial charge in [0.25, 0.3) is 5.91 Å². The zero-order valence-corrected chi connectivity index (χ0v) is 15.8. The number of alkyl halides is 3. The lowest BCUT2D eigenvalue weighted by Gasteiger charge is -2.35. The fraction of sp³-hybridized carbons (Fsp3) is 0.238. The molecule has 2 aromatic carbocycles. The molecule has 9 heteroatoms. The highest BCUT2D eigenvalue weighted by Crippen LogP contribution is 2.30. The highest BCUT2D eigenvalue weighted by Gasteiger charge is 2.30. The summed E-state index contributed by atoms with van der Waals surface area (Å²) in [6.07, 6.45) is -3.12. The van der Waals surface area contributed by atoms with E-state index in [1.807, 2.05) is 0 Å². The summed E-state index contributed by atoms with van der Waals surface area (Å²) in [6, 6.07) is 12.1. The fourth-order valence-corrected chi connectivity index (χ4v) is 3.05. The van der Waals surface area contributed by atoms with E-state index in [2.05, 4.69) is 10.2 Å². The van der Waals surface area contributed by atoms with Gasteiger partial charge in [0, 0.05) is 43.8 Å². The zero-order chi connectivity index (χ0) is 21.7. The van der Waals surface area contributed by atoms with Crippen molar-refractivity contribution in [1.82, 2.24) is 4.90 Å². The van der Waals surface area contributed by atoms with E-state index in [0.29, 0.717) is 26.2 Å². The molecule has 30 heavy (non-hydrogen) atoms. The number of rotatable bonds is 4. The maximum Gasteiger partial charge on any atom is 0.416 e. The minimum atomic E-state index is -4.53. The first-order valence-electron chi connectivity index (χ1n) is 9.11. The van der Waals surface area contributed by atoms with Gasteiger partial charge in [-0.3, -0.25) is 4.79 Å². The Morgan fingerprint density at radius 1 is 1.07 bits per heavy atom. The van der Waals surface area contributed by atoms with Gasteiger partial charge in [-0.05, 0) is 42.5 Å². The molecular weight excluding hydrogens is 400 g/mol. The quantitative estimate of drug-likeness (QED) is 0.463. The van der Waals surface area contributed by atoms with Gasteiger partial charge in [-0.2, -0.15) is 18.4 Å². The molecule has 1 heterocycles. The van der Waals surface area contributed by atoms with E-state index in [0.717, 1.165) is 17.8 Å². The minimum Gasteiger partial charge on any atom is -0.373 e. The van der Waals surface area contributed by atoms with Crippen molar-refractivity contribution < 1.29 is 22.4 Å². The summed E-state index contributed by atoms with van der Waals surface area (Å²) in [7, 11) is 0. The predicted octanol–water partition coefficient (Wildman–Crippen LogP) is 4.01. The first kappa shape index (κ1) is 21.2. The third-order valence-corrected chi connectivity index (χ3v) is 4.63. The van der Waals surface area contributed by atoms with Crippen molar-refractivity contribution >= 4 is 17.3 Å². The van der Waals surface area contributed by atoms with Crippen LogP contribution in [0.2, 0.25) is 0 Å². The molecule has 0 atom stereocenters. The highest BCUT2D eigenvalue weighted by atomic mass is 19.4. The number of nitriles is 1. The summed E-state index contributed by atoms with van der Waals surface area (Å²) in [6.45, 7) is 2.27. The molecule has 5 nitrogen and oxygen atoms in total. The summed E-state index contributed by atoms with van der Waals surface area (Å²) in [5.41, 5.74) is -0.262. The molecule has 1 fully saturated rings. The van der Waals surface area contributed by atoms with Crippen LogP contribution in [0.1, 0.15) is 5.56 Å². The van der Waals surface area contributed by atoms with Gasteiger partial charge in [0.05, 0.1) is 5.56 Å². The van der Waals surface area contributed by atoms with E-state index in [9.17, 15) is 27.6 Å². The van der Waals surface area contributed by atoms with Gasteiger partial charge >= 0.3 is 6.18 Å². The van der Waals surface area contributed by atoms with Crippen molar-refractivity contribution in [2.75, 3.05) is 36.4 Å². The molecule has 0 aliphatic carbocycles.